The highest BCUT2D eigenvalue weighted by Crippen LogP contribution is 2.30. The first-order valence-corrected chi connectivity index (χ1v) is 13.1. The molecule has 1 aliphatic rings. The summed E-state index contributed by atoms with van der Waals surface area (Å²) in [7, 11) is 1.75. The van der Waals surface area contributed by atoms with Crippen molar-refractivity contribution in [3.05, 3.63) is 71.4 Å². The Morgan fingerprint density at radius 2 is 1.89 bits per heavy atom. The van der Waals surface area contributed by atoms with E-state index >= 15 is 0 Å². The molecule has 0 bridgehead atoms. The predicted molar refractivity (Wildman–Crippen MR) is 135 cm³/mol. The minimum atomic E-state index is -4.32. The molecule has 1 aliphatic heterocycles. The fourth-order valence-corrected chi connectivity index (χ4v) is 6.33. The molecule has 3 heterocycles. The Labute approximate surface area is 213 Å². The minimum Gasteiger partial charge on any atom is -0.370 e. The first-order valence-electron chi connectivity index (χ1n) is 11.3. The van der Waals surface area contributed by atoms with E-state index in [0.29, 0.717) is 40.6 Å². The van der Waals surface area contributed by atoms with Crippen LogP contribution in [0.3, 0.4) is 0 Å². The molecule has 2 radical (unpaired) electrons. The summed E-state index contributed by atoms with van der Waals surface area (Å²) < 4.78 is 57.3. The molecule has 0 saturated carbocycles. The van der Waals surface area contributed by atoms with E-state index in [1.807, 2.05) is 18.2 Å². The van der Waals surface area contributed by atoms with E-state index < -0.39 is 26.6 Å². The third kappa shape index (κ3) is 4.58. The molecule has 36 heavy (non-hydrogen) atoms. The highest BCUT2D eigenvalue weighted by Gasteiger charge is 2.34. The number of fused-ring (bicyclic) bond motifs is 1. The molecule has 4 aromatic rings. The first kappa shape index (κ1) is 24.7. The van der Waals surface area contributed by atoms with Crippen LogP contribution in [0.1, 0.15) is 12.8 Å². The molecular weight excluding hydrogens is 507 g/mol. The van der Waals surface area contributed by atoms with E-state index in [1.54, 1.807) is 16.6 Å². The molecule has 0 amide bonds. The normalized spacial score (nSPS) is 16.9. The molecular formula is C24H21BClF2N5O2S. The van der Waals surface area contributed by atoms with E-state index in [4.69, 9.17) is 19.4 Å². The van der Waals surface area contributed by atoms with Crippen molar-refractivity contribution in [3.63, 3.8) is 0 Å². The van der Waals surface area contributed by atoms with Gasteiger partial charge >= 0.3 is 0 Å². The van der Waals surface area contributed by atoms with Gasteiger partial charge in [-0.2, -0.15) is 13.9 Å². The number of hydrogen-bond acceptors (Lipinski definition) is 5. The summed E-state index contributed by atoms with van der Waals surface area (Å²) in [6.45, 7) is 0.709. The van der Waals surface area contributed by atoms with Gasteiger partial charge in [0.05, 0.1) is 5.69 Å². The van der Waals surface area contributed by atoms with Gasteiger partial charge in [0.2, 0.25) is 10.0 Å². The van der Waals surface area contributed by atoms with Gasteiger partial charge in [0.1, 0.15) is 25.3 Å². The summed E-state index contributed by atoms with van der Waals surface area (Å²) in [5.41, 5.74) is 2.18. The second kappa shape index (κ2) is 9.80. The lowest BCUT2D eigenvalue weighted by Gasteiger charge is -2.32. The monoisotopic (exact) mass is 527 g/mol. The number of aromatic nitrogens is 3. The summed E-state index contributed by atoms with van der Waals surface area (Å²) in [4.78, 5) is 3.70. The Bertz CT molecular complexity index is 1530. The van der Waals surface area contributed by atoms with Gasteiger partial charge in [-0.25, -0.2) is 22.2 Å². The van der Waals surface area contributed by atoms with E-state index in [2.05, 4.69) is 15.4 Å². The summed E-state index contributed by atoms with van der Waals surface area (Å²) in [5.74, 6) is -1.70. The van der Waals surface area contributed by atoms with Gasteiger partial charge in [-0.05, 0) is 42.4 Å². The third-order valence-electron chi connectivity index (χ3n) is 6.22. The number of halogens is 3. The summed E-state index contributed by atoms with van der Waals surface area (Å²) in [5, 5.41) is 8.16. The van der Waals surface area contributed by atoms with Crippen LogP contribution in [0.5, 0.6) is 0 Å². The molecule has 5 rings (SSSR count). The van der Waals surface area contributed by atoms with Gasteiger partial charge in [-0.3, -0.25) is 0 Å². The fourth-order valence-electron chi connectivity index (χ4n) is 4.43. The molecule has 1 N–H and O–H groups in total. The van der Waals surface area contributed by atoms with Gasteiger partial charge in [0, 0.05) is 42.5 Å². The van der Waals surface area contributed by atoms with E-state index in [-0.39, 0.29) is 19.0 Å². The number of hydrogen-bond donors (Lipinski definition) is 1. The average molecular weight is 528 g/mol. The first-order chi connectivity index (χ1) is 17.3. The molecule has 1 fully saturated rings. The molecule has 12 heteroatoms. The number of benzene rings is 2. The molecule has 0 spiro atoms. The van der Waals surface area contributed by atoms with Crippen molar-refractivity contribution in [1.82, 2.24) is 18.9 Å². The maximum absolute atomic E-state index is 14.2. The smallest absolute Gasteiger partial charge is 0.248 e. The van der Waals surface area contributed by atoms with Crippen LogP contribution in [0, 0.1) is 17.6 Å². The predicted octanol–water partition coefficient (Wildman–Crippen LogP) is 3.63. The van der Waals surface area contributed by atoms with E-state index in [0.717, 1.165) is 34.5 Å². The lowest BCUT2D eigenvalue weighted by atomic mass is 9.99. The Morgan fingerprint density at radius 1 is 1.14 bits per heavy atom. The highest BCUT2D eigenvalue weighted by molar-refractivity contribution is 7.89. The molecule has 1 unspecified atom stereocenters. The zero-order valence-corrected chi connectivity index (χ0v) is 20.6. The summed E-state index contributed by atoms with van der Waals surface area (Å²) >= 11 is 6.38. The molecule has 0 aliphatic carbocycles. The van der Waals surface area contributed by atoms with Crippen LogP contribution < -0.4 is 10.8 Å². The average Bonchev–Trinajstić information content (AvgIpc) is 3.23. The van der Waals surface area contributed by atoms with Crippen LogP contribution >= 0.6 is 11.6 Å². The van der Waals surface area contributed by atoms with Crippen LogP contribution in [-0.2, 0) is 10.0 Å². The van der Waals surface area contributed by atoms with Gasteiger partial charge in [0.15, 0.2) is 10.5 Å². The number of piperidine rings is 1. The van der Waals surface area contributed by atoms with Gasteiger partial charge in [0.25, 0.3) is 0 Å². The number of nitrogens with one attached hydrogen (secondary N) is 1. The second-order valence-corrected chi connectivity index (χ2v) is 10.9. The van der Waals surface area contributed by atoms with Crippen molar-refractivity contribution in [2.75, 3.05) is 25.0 Å². The Kier molecular flexibility index (Phi) is 6.71. The van der Waals surface area contributed by atoms with Crippen molar-refractivity contribution in [2.24, 2.45) is 5.92 Å². The number of rotatable bonds is 6. The topological polar surface area (TPSA) is 79.6 Å². The van der Waals surface area contributed by atoms with Crippen molar-refractivity contribution in [1.29, 1.82) is 0 Å². The van der Waals surface area contributed by atoms with Crippen LogP contribution in [0.15, 0.2) is 59.6 Å². The lowest BCUT2D eigenvalue weighted by Crippen LogP contribution is -2.42. The molecule has 2 aromatic carbocycles. The van der Waals surface area contributed by atoms with Crippen LogP contribution in [0.25, 0.3) is 16.9 Å². The Balaban J connectivity index is 1.39. The van der Waals surface area contributed by atoms with Crippen molar-refractivity contribution in [2.45, 2.75) is 17.7 Å². The summed E-state index contributed by atoms with van der Waals surface area (Å²) in [6, 6.07) is 12.1. The quantitative estimate of drug-likeness (QED) is 0.388. The van der Waals surface area contributed by atoms with Crippen LogP contribution in [0.4, 0.5) is 14.6 Å². The van der Waals surface area contributed by atoms with E-state index in [9.17, 15) is 17.2 Å². The van der Waals surface area contributed by atoms with Gasteiger partial charge in [-0.15, -0.1) is 0 Å². The second-order valence-electron chi connectivity index (χ2n) is 8.64. The number of sulfonamides is 1. The number of nitrogens with zero attached hydrogens (tertiary/aromatic N) is 4. The maximum Gasteiger partial charge on any atom is 0.248 e. The van der Waals surface area contributed by atoms with Gasteiger partial charge in [-0.1, -0.05) is 35.9 Å². The largest absolute Gasteiger partial charge is 0.370 e. The van der Waals surface area contributed by atoms with Crippen molar-refractivity contribution in [3.8, 4) is 11.3 Å². The minimum absolute atomic E-state index is 0.108. The highest BCUT2D eigenvalue weighted by atomic mass is 35.5. The van der Waals surface area contributed by atoms with Crippen LogP contribution in [0.2, 0.25) is 5.02 Å². The fraction of sp³-hybridized carbons (Fsp3) is 0.250. The van der Waals surface area contributed by atoms with E-state index in [1.165, 1.54) is 6.20 Å². The molecule has 184 valence electrons. The Hall–Kier alpha value is -3.02. The third-order valence-corrected chi connectivity index (χ3v) is 8.47. The van der Waals surface area contributed by atoms with Crippen LogP contribution in [-0.4, -0.2) is 54.8 Å². The molecule has 1 atom stereocenters. The standard InChI is InChI=1S/C24H21BClF2N5O2S/c25-17-13-30-33-22(11-21(31-24(17)33)16-6-1-2-7-18(16)26)29-12-15-5-4-10-32(14-15)36(34,35)23-19(27)8-3-9-20(23)28/h1-3,6-9,11,13,15,29H,4-5,10,12,14H2. The SMILES string of the molecule is [B]c1cnn2c(NCC3CCCN(S(=O)(=O)c4c(F)cccc4F)C3)cc(-c3ccccc3Cl)nc12. The number of anilines is 1. The Morgan fingerprint density at radius 3 is 2.64 bits per heavy atom. The van der Waals surface area contributed by atoms with Crippen molar-refractivity contribution >= 4 is 46.4 Å². The van der Waals surface area contributed by atoms with Gasteiger partial charge < -0.3 is 5.32 Å². The maximum atomic E-state index is 14.2. The van der Waals surface area contributed by atoms with Crippen molar-refractivity contribution < 1.29 is 17.2 Å². The zero-order valence-electron chi connectivity index (χ0n) is 19.0. The lowest BCUT2D eigenvalue weighted by molar-refractivity contribution is 0.273. The molecule has 1 saturated heterocycles. The molecule has 7 nitrogen and oxygen atoms in total. The zero-order chi connectivity index (χ0) is 25.4. The molecule has 2 aromatic heterocycles. The summed E-state index contributed by atoms with van der Waals surface area (Å²) in [6.07, 6.45) is 2.81.